The predicted octanol–water partition coefficient (Wildman–Crippen LogP) is 1.27. The number of halogens is 1. The number of aromatic nitrogens is 1. The van der Waals surface area contributed by atoms with E-state index in [4.69, 9.17) is 16.9 Å². The molecule has 1 aliphatic rings. The van der Waals surface area contributed by atoms with Gasteiger partial charge in [0.15, 0.2) is 6.04 Å². The van der Waals surface area contributed by atoms with E-state index in [-0.39, 0.29) is 6.04 Å². The highest BCUT2D eigenvalue weighted by atomic mass is 35.5. The van der Waals surface area contributed by atoms with Crippen LogP contribution in [-0.2, 0) is 0 Å². The second-order valence-corrected chi connectivity index (χ2v) is 5.01. The van der Waals surface area contributed by atoms with E-state index in [0.29, 0.717) is 4.34 Å². The zero-order valence-electron chi connectivity index (χ0n) is 8.11. The zero-order chi connectivity index (χ0) is 10.7. The molecule has 0 spiro atoms. The van der Waals surface area contributed by atoms with Gasteiger partial charge in [-0.25, -0.2) is 4.98 Å². The van der Waals surface area contributed by atoms with Gasteiger partial charge in [-0.15, -0.1) is 11.3 Å². The number of hydrogen-bond donors (Lipinski definition) is 1. The quantitative estimate of drug-likeness (QED) is 0.849. The van der Waals surface area contributed by atoms with Crippen molar-refractivity contribution >= 4 is 22.9 Å². The van der Waals surface area contributed by atoms with Crippen LogP contribution in [-0.4, -0.2) is 36.1 Å². The van der Waals surface area contributed by atoms with Gasteiger partial charge in [-0.1, -0.05) is 11.6 Å². The van der Waals surface area contributed by atoms with Gasteiger partial charge in [0.1, 0.15) is 9.34 Å². The Hall–Kier alpha value is -0.670. The van der Waals surface area contributed by atoms with Crippen molar-refractivity contribution in [1.82, 2.24) is 15.2 Å². The van der Waals surface area contributed by atoms with Crippen LogP contribution in [0.4, 0.5) is 0 Å². The molecular weight excluding hydrogens is 232 g/mol. The molecule has 1 aromatic heterocycles. The summed E-state index contributed by atoms with van der Waals surface area (Å²) in [5.74, 6) is 0. The average molecular weight is 243 g/mol. The number of nitrogens with one attached hydrogen (secondary N) is 1. The molecule has 1 unspecified atom stereocenters. The van der Waals surface area contributed by atoms with E-state index in [9.17, 15) is 0 Å². The minimum Gasteiger partial charge on any atom is -0.314 e. The second-order valence-electron chi connectivity index (χ2n) is 3.32. The van der Waals surface area contributed by atoms with Gasteiger partial charge in [0.2, 0.25) is 0 Å². The van der Waals surface area contributed by atoms with Gasteiger partial charge in [0.25, 0.3) is 0 Å². The van der Waals surface area contributed by atoms with E-state index in [1.807, 2.05) is 0 Å². The van der Waals surface area contributed by atoms with Crippen molar-refractivity contribution in [2.45, 2.75) is 6.04 Å². The van der Waals surface area contributed by atoms with Gasteiger partial charge in [-0.05, 0) is 0 Å². The monoisotopic (exact) mass is 242 g/mol. The highest BCUT2D eigenvalue weighted by molar-refractivity contribution is 7.15. The van der Waals surface area contributed by atoms with Crippen molar-refractivity contribution in [3.63, 3.8) is 0 Å². The van der Waals surface area contributed by atoms with Crippen LogP contribution < -0.4 is 5.32 Å². The molecule has 1 atom stereocenters. The van der Waals surface area contributed by atoms with E-state index < -0.39 is 0 Å². The van der Waals surface area contributed by atoms with Crippen molar-refractivity contribution in [3.05, 3.63) is 15.5 Å². The molecule has 2 heterocycles. The van der Waals surface area contributed by atoms with Crippen LogP contribution in [0.3, 0.4) is 0 Å². The second kappa shape index (κ2) is 4.90. The summed E-state index contributed by atoms with van der Waals surface area (Å²) in [7, 11) is 0. The molecule has 0 radical (unpaired) electrons. The van der Waals surface area contributed by atoms with Crippen LogP contribution in [0, 0.1) is 11.3 Å². The lowest BCUT2D eigenvalue weighted by atomic mass is 10.2. The lowest BCUT2D eigenvalue weighted by molar-refractivity contribution is 0.207. The molecule has 1 fully saturated rings. The molecule has 0 aliphatic carbocycles. The minimum absolute atomic E-state index is 0.246. The molecule has 15 heavy (non-hydrogen) atoms. The van der Waals surface area contributed by atoms with Crippen LogP contribution in [0.25, 0.3) is 0 Å². The Morgan fingerprint density at radius 3 is 2.87 bits per heavy atom. The SMILES string of the molecule is N#CC(c1ncc(Cl)s1)N1CCNCC1. The molecule has 6 heteroatoms. The van der Waals surface area contributed by atoms with Crippen LogP contribution >= 0.6 is 22.9 Å². The fourth-order valence-corrected chi connectivity index (χ4v) is 2.64. The van der Waals surface area contributed by atoms with Crippen molar-refractivity contribution in [3.8, 4) is 6.07 Å². The maximum atomic E-state index is 9.15. The Kier molecular flexibility index (Phi) is 3.54. The summed E-state index contributed by atoms with van der Waals surface area (Å²) in [6.45, 7) is 3.62. The number of piperazine rings is 1. The summed E-state index contributed by atoms with van der Waals surface area (Å²) in [6, 6.07) is 2.04. The third-order valence-electron chi connectivity index (χ3n) is 2.37. The summed E-state index contributed by atoms with van der Waals surface area (Å²) in [4.78, 5) is 6.29. The Balaban J connectivity index is 2.13. The van der Waals surface area contributed by atoms with Crippen LogP contribution in [0.5, 0.6) is 0 Å². The topological polar surface area (TPSA) is 52.0 Å². The third kappa shape index (κ3) is 2.47. The van der Waals surface area contributed by atoms with E-state index in [2.05, 4.69) is 21.3 Å². The zero-order valence-corrected chi connectivity index (χ0v) is 9.68. The number of nitriles is 1. The molecule has 0 amide bonds. The summed E-state index contributed by atoms with van der Waals surface area (Å²) < 4.78 is 0.639. The summed E-state index contributed by atoms with van der Waals surface area (Å²) in [6.07, 6.45) is 1.61. The smallest absolute Gasteiger partial charge is 0.150 e. The van der Waals surface area contributed by atoms with Crippen LogP contribution in [0.2, 0.25) is 4.34 Å². The van der Waals surface area contributed by atoms with Crippen molar-refractivity contribution in [2.75, 3.05) is 26.2 Å². The van der Waals surface area contributed by atoms with Crippen LogP contribution in [0.15, 0.2) is 6.20 Å². The predicted molar refractivity (Wildman–Crippen MR) is 59.9 cm³/mol. The molecule has 1 aliphatic heterocycles. The van der Waals surface area contributed by atoms with Gasteiger partial charge in [-0.2, -0.15) is 5.26 Å². The first-order valence-electron chi connectivity index (χ1n) is 4.77. The normalized spacial score (nSPS) is 19.7. The average Bonchev–Trinajstić information content (AvgIpc) is 2.68. The minimum atomic E-state index is -0.246. The van der Waals surface area contributed by atoms with E-state index in [1.165, 1.54) is 11.3 Å². The Morgan fingerprint density at radius 2 is 2.33 bits per heavy atom. The highest BCUT2D eigenvalue weighted by Crippen LogP contribution is 2.27. The van der Waals surface area contributed by atoms with Gasteiger partial charge in [-0.3, -0.25) is 4.90 Å². The molecule has 0 bridgehead atoms. The first-order valence-corrected chi connectivity index (χ1v) is 5.96. The fourth-order valence-electron chi connectivity index (χ4n) is 1.63. The molecule has 0 saturated carbocycles. The lowest BCUT2D eigenvalue weighted by Crippen LogP contribution is -2.44. The maximum Gasteiger partial charge on any atom is 0.150 e. The van der Waals surface area contributed by atoms with Crippen molar-refractivity contribution < 1.29 is 0 Å². The number of rotatable bonds is 2. The first kappa shape index (κ1) is 10.8. The van der Waals surface area contributed by atoms with Gasteiger partial charge < -0.3 is 5.32 Å². The van der Waals surface area contributed by atoms with Crippen molar-refractivity contribution in [2.24, 2.45) is 0 Å². The number of hydrogen-bond acceptors (Lipinski definition) is 5. The maximum absolute atomic E-state index is 9.15. The number of nitrogens with zero attached hydrogens (tertiary/aromatic N) is 3. The molecule has 4 nitrogen and oxygen atoms in total. The van der Waals surface area contributed by atoms with Gasteiger partial charge in [0.05, 0.1) is 12.3 Å². The highest BCUT2D eigenvalue weighted by Gasteiger charge is 2.24. The molecule has 2 rings (SSSR count). The van der Waals surface area contributed by atoms with Crippen LogP contribution in [0.1, 0.15) is 11.0 Å². The summed E-state index contributed by atoms with van der Waals surface area (Å²) >= 11 is 7.20. The lowest BCUT2D eigenvalue weighted by Gasteiger charge is -2.29. The van der Waals surface area contributed by atoms with Crippen molar-refractivity contribution in [1.29, 1.82) is 5.26 Å². The molecule has 1 saturated heterocycles. The molecule has 1 aromatic rings. The molecule has 0 aromatic carbocycles. The first-order chi connectivity index (χ1) is 7.31. The Labute approximate surface area is 97.5 Å². The van der Waals surface area contributed by atoms with Gasteiger partial charge >= 0.3 is 0 Å². The van der Waals surface area contributed by atoms with Gasteiger partial charge in [0, 0.05) is 26.2 Å². The molecule has 80 valence electrons. The van der Waals surface area contributed by atoms with E-state index >= 15 is 0 Å². The molecule has 1 N–H and O–H groups in total. The Bertz CT molecular complexity index is 366. The fraction of sp³-hybridized carbons (Fsp3) is 0.556. The molecular formula is C9H11ClN4S. The standard InChI is InChI=1S/C9H11ClN4S/c10-8-6-13-9(15-8)7(5-11)14-3-1-12-2-4-14/h6-7,12H,1-4H2. The largest absolute Gasteiger partial charge is 0.314 e. The van der Waals surface area contributed by atoms with E-state index in [0.717, 1.165) is 31.2 Å². The third-order valence-corrected chi connectivity index (χ3v) is 3.54. The van der Waals surface area contributed by atoms with E-state index in [1.54, 1.807) is 6.20 Å². The summed E-state index contributed by atoms with van der Waals surface area (Å²) in [5.41, 5.74) is 0. The number of thiazole rings is 1. The Morgan fingerprint density at radius 1 is 1.60 bits per heavy atom. The summed E-state index contributed by atoms with van der Waals surface area (Å²) in [5, 5.41) is 13.2.